The van der Waals surface area contributed by atoms with Gasteiger partial charge in [0.1, 0.15) is 22.1 Å². The number of methoxy groups -OCH3 is 1. The highest BCUT2D eigenvalue weighted by atomic mass is 35.5. The lowest BCUT2D eigenvalue weighted by Crippen LogP contribution is -2.09. The van der Waals surface area contributed by atoms with Crippen molar-refractivity contribution < 1.29 is 31.7 Å². The summed E-state index contributed by atoms with van der Waals surface area (Å²) in [7, 11) is -0.629. The second kappa shape index (κ2) is 8.37. The van der Waals surface area contributed by atoms with Gasteiger partial charge in [0.2, 0.25) is 0 Å². The number of carbonyl (C=O) groups is 1. The molecule has 1 aromatic carbocycles. The van der Waals surface area contributed by atoms with Crippen LogP contribution in [0.4, 0.5) is 23.8 Å². The van der Waals surface area contributed by atoms with Crippen LogP contribution in [-0.2, 0) is 26.6 Å². The zero-order chi connectivity index (χ0) is 21.2. The summed E-state index contributed by atoms with van der Waals surface area (Å²) in [6, 6.07) is 1.31. The van der Waals surface area contributed by atoms with Crippen molar-refractivity contribution in [2.24, 2.45) is 5.16 Å². The van der Waals surface area contributed by atoms with Crippen molar-refractivity contribution in [3.63, 3.8) is 0 Å². The highest BCUT2D eigenvalue weighted by Gasteiger charge is 2.33. The predicted octanol–water partition coefficient (Wildman–Crippen LogP) is 3.63. The van der Waals surface area contributed by atoms with Crippen LogP contribution in [-0.4, -0.2) is 39.7 Å². The number of ether oxygens (including phenoxy) is 1. The van der Waals surface area contributed by atoms with Gasteiger partial charge in [0.15, 0.2) is 0 Å². The van der Waals surface area contributed by atoms with Crippen LogP contribution in [0.3, 0.4) is 0 Å². The van der Waals surface area contributed by atoms with Crippen molar-refractivity contribution >= 4 is 52.2 Å². The molecule has 1 aromatic heterocycles. The first-order valence-corrected chi connectivity index (χ1v) is 9.35. The quantitative estimate of drug-likeness (QED) is 0.324. The van der Waals surface area contributed by atoms with Gasteiger partial charge in [0.05, 0.1) is 39.7 Å². The topological polar surface area (TPSA) is 109 Å². The van der Waals surface area contributed by atoms with E-state index in [2.05, 4.69) is 19.8 Å². The minimum absolute atomic E-state index is 0.0238. The summed E-state index contributed by atoms with van der Waals surface area (Å²) in [6.45, 7) is 0. The summed E-state index contributed by atoms with van der Waals surface area (Å²) in [5, 5.41) is 6.54. The summed E-state index contributed by atoms with van der Waals surface area (Å²) in [6.07, 6.45) is -3.57. The summed E-state index contributed by atoms with van der Waals surface area (Å²) < 4.78 is 55.8. The van der Waals surface area contributed by atoms with Crippen molar-refractivity contribution in [3.8, 4) is 5.69 Å². The molecular weight excluding hydrogens is 448 g/mol. The molecule has 0 saturated carbocycles. The Balaban J connectivity index is 2.60. The summed E-state index contributed by atoms with van der Waals surface area (Å²) in [5.41, 5.74) is 4.62. The van der Waals surface area contributed by atoms with E-state index >= 15 is 0 Å². The number of nitrogens with two attached hydrogens (primary N) is 1. The SMILES string of the molecule is COC(=O)O/N=C/c1nn(-c2c(Cl)cc(C(F)(F)F)cc2Cl)c(N)c1S(C)=O. The Kier molecular flexibility index (Phi) is 6.57. The van der Waals surface area contributed by atoms with E-state index in [9.17, 15) is 22.2 Å². The van der Waals surface area contributed by atoms with Crippen LogP contribution in [0.15, 0.2) is 22.2 Å². The maximum absolute atomic E-state index is 12.9. The number of carbonyl (C=O) groups excluding carboxylic acids is 1. The Morgan fingerprint density at radius 1 is 1.36 bits per heavy atom. The van der Waals surface area contributed by atoms with E-state index in [1.807, 2.05) is 0 Å². The highest BCUT2D eigenvalue weighted by molar-refractivity contribution is 7.84. The maximum atomic E-state index is 12.9. The number of nitrogen functional groups attached to an aromatic ring is 1. The molecule has 8 nitrogen and oxygen atoms in total. The molecule has 28 heavy (non-hydrogen) atoms. The van der Waals surface area contributed by atoms with E-state index in [0.717, 1.165) is 18.0 Å². The summed E-state index contributed by atoms with van der Waals surface area (Å²) >= 11 is 11.9. The molecule has 0 aliphatic heterocycles. The van der Waals surface area contributed by atoms with Gasteiger partial charge in [-0.25, -0.2) is 9.48 Å². The molecule has 0 aliphatic carbocycles. The lowest BCUT2D eigenvalue weighted by atomic mass is 10.2. The Hall–Kier alpha value is -2.31. The lowest BCUT2D eigenvalue weighted by molar-refractivity contribution is -0.137. The van der Waals surface area contributed by atoms with Crippen LogP contribution in [0.5, 0.6) is 0 Å². The number of rotatable bonds is 4. The Labute approximate surface area is 168 Å². The van der Waals surface area contributed by atoms with E-state index in [1.54, 1.807) is 0 Å². The van der Waals surface area contributed by atoms with Gasteiger partial charge in [-0.3, -0.25) is 9.05 Å². The van der Waals surface area contributed by atoms with Crippen LogP contribution < -0.4 is 5.73 Å². The van der Waals surface area contributed by atoms with E-state index in [-0.39, 0.29) is 22.1 Å². The van der Waals surface area contributed by atoms with Crippen LogP contribution in [0, 0.1) is 0 Å². The molecule has 0 spiro atoms. The molecular formula is C14H11Cl2F3N4O4S. The monoisotopic (exact) mass is 458 g/mol. The first-order chi connectivity index (χ1) is 13.0. The number of hydrogen-bond acceptors (Lipinski definition) is 7. The van der Waals surface area contributed by atoms with Crippen molar-refractivity contribution in [2.75, 3.05) is 19.1 Å². The highest BCUT2D eigenvalue weighted by Crippen LogP contribution is 2.38. The third-order valence-corrected chi connectivity index (χ3v) is 4.78. The fraction of sp³-hybridized carbons (Fsp3) is 0.214. The number of aromatic nitrogens is 2. The number of halogens is 5. The van der Waals surface area contributed by atoms with Gasteiger partial charge >= 0.3 is 12.3 Å². The average Bonchev–Trinajstić information content (AvgIpc) is 2.89. The fourth-order valence-electron chi connectivity index (χ4n) is 2.07. The molecule has 1 unspecified atom stereocenters. The largest absolute Gasteiger partial charge is 0.534 e. The smallest absolute Gasteiger partial charge is 0.436 e. The van der Waals surface area contributed by atoms with Crippen LogP contribution in [0.25, 0.3) is 5.69 Å². The van der Waals surface area contributed by atoms with Crippen molar-refractivity contribution in [1.82, 2.24) is 9.78 Å². The van der Waals surface area contributed by atoms with E-state index in [0.29, 0.717) is 12.1 Å². The Morgan fingerprint density at radius 3 is 2.39 bits per heavy atom. The minimum atomic E-state index is -4.67. The molecule has 2 rings (SSSR count). The molecule has 0 aliphatic rings. The normalized spacial score (nSPS) is 13.0. The third kappa shape index (κ3) is 4.56. The number of benzene rings is 1. The average molecular weight is 459 g/mol. The van der Waals surface area contributed by atoms with Gasteiger partial charge in [-0.2, -0.15) is 18.3 Å². The Bertz CT molecular complexity index is 955. The molecule has 0 radical (unpaired) electrons. The standard InChI is InChI=1S/C14H11Cl2F3N4O4S/c1-26-13(24)27-21-5-9-11(28(2)25)12(20)23(22-9)10-7(15)3-6(4-8(10)16)14(17,18)19/h3-5H,20H2,1-2H3/b21-5+. The number of alkyl halides is 3. The first kappa shape index (κ1) is 22.0. The third-order valence-electron chi connectivity index (χ3n) is 3.21. The van der Waals surface area contributed by atoms with Gasteiger partial charge in [0, 0.05) is 6.26 Å². The number of hydrogen-bond donors (Lipinski definition) is 1. The van der Waals surface area contributed by atoms with Gasteiger partial charge in [-0.15, -0.1) is 0 Å². The molecule has 2 N–H and O–H groups in total. The number of oxime groups is 1. The summed E-state index contributed by atoms with van der Waals surface area (Å²) in [5.74, 6) is -0.205. The first-order valence-electron chi connectivity index (χ1n) is 7.04. The molecule has 14 heteroatoms. The van der Waals surface area contributed by atoms with E-state index in [1.165, 1.54) is 6.26 Å². The summed E-state index contributed by atoms with van der Waals surface area (Å²) in [4.78, 5) is 15.2. The van der Waals surface area contributed by atoms with Crippen LogP contribution in [0.2, 0.25) is 10.0 Å². The van der Waals surface area contributed by atoms with Crippen LogP contribution in [0.1, 0.15) is 11.3 Å². The van der Waals surface area contributed by atoms with E-state index in [4.69, 9.17) is 28.9 Å². The molecule has 152 valence electrons. The molecule has 0 fully saturated rings. The molecule has 1 heterocycles. The zero-order valence-electron chi connectivity index (χ0n) is 14.1. The van der Waals surface area contributed by atoms with Gasteiger partial charge in [0.25, 0.3) is 0 Å². The lowest BCUT2D eigenvalue weighted by Gasteiger charge is -2.13. The van der Waals surface area contributed by atoms with Crippen molar-refractivity contribution in [3.05, 3.63) is 33.4 Å². The van der Waals surface area contributed by atoms with Crippen LogP contribution >= 0.6 is 23.2 Å². The van der Waals surface area contributed by atoms with Gasteiger partial charge in [-0.1, -0.05) is 28.4 Å². The van der Waals surface area contributed by atoms with Gasteiger partial charge < -0.3 is 10.5 Å². The number of anilines is 1. The Morgan fingerprint density at radius 2 is 1.93 bits per heavy atom. The van der Waals surface area contributed by atoms with Gasteiger partial charge in [-0.05, 0) is 12.1 Å². The second-order valence-corrected chi connectivity index (χ2v) is 7.16. The minimum Gasteiger partial charge on any atom is -0.436 e. The zero-order valence-corrected chi connectivity index (χ0v) is 16.4. The number of nitrogens with zero attached hydrogens (tertiary/aromatic N) is 3. The predicted molar refractivity (Wildman–Crippen MR) is 96.4 cm³/mol. The van der Waals surface area contributed by atoms with Crippen molar-refractivity contribution in [2.45, 2.75) is 11.1 Å². The maximum Gasteiger partial charge on any atom is 0.534 e. The molecule has 0 amide bonds. The fourth-order valence-corrected chi connectivity index (χ4v) is 3.49. The van der Waals surface area contributed by atoms with Crippen molar-refractivity contribution in [1.29, 1.82) is 0 Å². The molecule has 0 bridgehead atoms. The molecule has 1 atom stereocenters. The van der Waals surface area contributed by atoms with E-state index < -0.39 is 38.7 Å². The second-order valence-electron chi connectivity index (χ2n) is 5.03. The molecule has 2 aromatic rings. The molecule has 0 saturated heterocycles.